The molecule has 27 heavy (non-hydrogen) atoms. The Morgan fingerprint density at radius 1 is 1.26 bits per heavy atom. The Morgan fingerprint density at radius 3 is 2.67 bits per heavy atom. The number of pyridine rings is 1. The molecule has 3 rings (SSSR count). The van der Waals surface area contributed by atoms with E-state index in [2.05, 4.69) is 22.1 Å². The van der Waals surface area contributed by atoms with E-state index in [0.29, 0.717) is 22.3 Å². The monoisotopic (exact) mass is 402 g/mol. The molecule has 2 fully saturated rings. The third kappa shape index (κ3) is 5.28. The Balaban J connectivity index is 1.73. The van der Waals surface area contributed by atoms with Gasteiger partial charge in [-0.25, -0.2) is 4.98 Å². The second-order valence-electron chi connectivity index (χ2n) is 7.09. The molecule has 0 radical (unpaired) electrons. The maximum absolute atomic E-state index is 13.0. The Morgan fingerprint density at radius 2 is 2.00 bits per heavy atom. The van der Waals surface area contributed by atoms with Crippen LogP contribution in [-0.4, -0.2) is 41.6 Å². The minimum absolute atomic E-state index is 0.0571. The molecule has 148 valence electrons. The van der Waals surface area contributed by atoms with Crippen LogP contribution in [0.15, 0.2) is 12.3 Å². The van der Waals surface area contributed by atoms with E-state index in [1.165, 1.54) is 6.20 Å². The lowest BCUT2D eigenvalue weighted by molar-refractivity contribution is -0.212. The molecule has 2 N–H and O–H groups in total. The Bertz CT molecular complexity index is 709. The van der Waals surface area contributed by atoms with Crippen LogP contribution >= 0.6 is 11.6 Å². The SMILES string of the molecule is OCC1CCC(Nc2cc(Cl)ncc2C#CC2CCO[C@H]2C(F)(F)F)CC1. The van der Waals surface area contributed by atoms with Gasteiger partial charge in [0.2, 0.25) is 0 Å². The smallest absolute Gasteiger partial charge is 0.396 e. The fraction of sp³-hybridized carbons (Fsp3) is 0.632. The van der Waals surface area contributed by atoms with E-state index in [9.17, 15) is 18.3 Å². The number of aromatic nitrogens is 1. The first kappa shape index (κ1) is 20.2. The molecule has 1 unspecified atom stereocenters. The van der Waals surface area contributed by atoms with Crippen LogP contribution < -0.4 is 5.32 Å². The molecule has 0 spiro atoms. The summed E-state index contributed by atoms with van der Waals surface area (Å²) in [5, 5.41) is 12.9. The van der Waals surface area contributed by atoms with Crippen LogP contribution in [0.4, 0.5) is 18.9 Å². The van der Waals surface area contributed by atoms with Gasteiger partial charge in [-0.3, -0.25) is 0 Å². The zero-order chi connectivity index (χ0) is 19.4. The molecule has 2 aliphatic rings. The molecule has 1 aliphatic carbocycles. The van der Waals surface area contributed by atoms with Crippen molar-refractivity contribution in [3.8, 4) is 11.8 Å². The quantitative estimate of drug-likeness (QED) is 0.592. The van der Waals surface area contributed by atoms with Crippen molar-refractivity contribution < 1.29 is 23.0 Å². The summed E-state index contributed by atoms with van der Waals surface area (Å²) in [7, 11) is 0. The van der Waals surface area contributed by atoms with Gasteiger partial charge in [-0.1, -0.05) is 23.4 Å². The van der Waals surface area contributed by atoms with Crippen LogP contribution in [0, 0.1) is 23.7 Å². The van der Waals surface area contributed by atoms with Crippen molar-refractivity contribution in [2.24, 2.45) is 11.8 Å². The zero-order valence-electron chi connectivity index (χ0n) is 14.7. The summed E-state index contributed by atoms with van der Waals surface area (Å²) in [5.41, 5.74) is 1.20. The number of hydrogen-bond donors (Lipinski definition) is 2. The lowest BCUT2D eigenvalue weighted by atomic mass is 9.86. The second-order valence-corrected chi connectivity index (χ2v) is 7.48. The molecule has 0 amide bonds. The van der Waals surface area contributed by atoms with Crippen molar-refractivity contribution in [3.63, 3.8) is 0 Å². The van der Waals surface area contributed by atoms with Gasteiger partial charge in [0.15, 0.2) is 6.10 Å². The van der Waals surface area contributed by atoms with Gasteiger partial charge < -0.3 is 15.2 Å². The fourth-order valence-corrected chi connectivity index (χ4v) is 3.75. The van der Waals surface area contributed by atoms with Crippen molar-refractivity contribution >= 4 is 17.3 Å². The second kappa shape index (κ2) is 8.68. The molecule has 1 saturated carbocycles. The summed E-state index contributed by atoms with van der Waals surface area (Å²) in [6.45, 7) is 0.260. The molecule has 1 aromatic rings. The number of halogens is 4. The average molecular weight is 403 g/mol. The largest absolute Gasteiger partial charge is 0.415 e. The van der Waals surface area contributed by atoms with E-state index in [0.717, 1.165) is 25.7 Å². The summed E-state index contributed by atoms with van der Waals surface area (Å²) >= 11 is 5.99. The molecule has 1 aromatic heterocycles. The highest BCUT2D eigenvalue weighted by molar-refractivity contribution is 6.29. The standard InChI is InChI=1S/C19H22ClF3N2O2/c20-17-9-16(25-15-5-1-12(11-26)2-6-15)14(10-24-17)4-3-13-7-8-27-18(13)19(21,22)23/h9-10,12-13,15,18,26H,1-2,5-8,11H2,(H,24,25)/t12?,13?,15?,18-/m1/s1. The van der Waals surface area contributed by atoms with Gasteiger partial charge in [0, 0.05) is 25.5 Å². The average Bonchev–Trinajstić information content (AvgIpc) is 3.11. The van der Waals surface area contributed by atoms with Crippen LogP contribution in [0.5, 0.6) is 0 Å². The van der Waals surface area contributed by atoms with Crippen LogP contribution in [0.3, 0.4) is 0 Å². The predicted octanol–water partition coefficient (Wildman–Crippen LogP) is 4.02. The molecule has 4 nitrogen and oxygen atoms in total. The molecular weight excluding hydrogens is 381 g/mol. The zero-order valence-corrected chi connectivity index (χ0v) is 15.5. The maximum atomic E-state index is 13.0. The van der Waals surface area contributed by atoms with Crippen LogP contribution in [-0.2, 0) is 4.74 Å². The van der Waals surface area contributed by atoms with Crippen LogP contribution in [0.1, 0.15) is 37.7 Å². The number of alkyl halides is 3. The highest BCUT2D eigenvalue weighted by atomic mass is 35.5. The number of nitrogens with zero attached hydrogens (tertiary/aromatic N) is 1. The van der Waals surface area contributed by atoms with E-state index in [-0.39, 0.29) is 25.7 Å². The molecule has 2 heterocycles. The highest BCUT2D eigenvalue weighted by Gasteiger charge is 2.48. The summed E-state index contributed by atoms with van der Waals surface area (Å²) < 4.78 is 43.8. The van der Waals surface area contributed by atoms with Gasteiger partial charge >= 0.3 is 6.18 Å². The van der Waals surface area contributed by atoms with Gasteiger partial charge in [0.1, 0.15) is 5.15 Å². The summed E-state index contributed by atoms with van der Waals surface area (Å²) in [5.74, 6) is 5.01. The van der Waals surface area contributed by atoms with E-state index in [4.69, 9.17) is 16.3 Å². The van der Waals surface area contributed by atoms with Crippen molar-refractivity contribution in [2.75, 3.05) is 18.5 Å². The Labute approximate surface area is 161 Å². The summed E-state index contributed by atoms with van der Waals surface area (Å²) in [4.78, 5) is 4.01. The topological polar surface area (TPSA) is 54.4 Å². The number of rotatable bonds is 3. The molecule has 1 aliphatic heterocycles. The first-order chi connectivity index (χ1) is 12.9. The number of hydrogen-bond acceptors (Lipinski definition) is 4. The Hall–Kier alpha value is -1.49. The summed E-state index contributed by atoms with van der Waals surface area (Å²) in [6, 6.07) is 1.86. The van der Waals surface area contributed by atoms with Gasteiger partial charge in [-0.2, -0.15) is 13.2 Å². The van der Waals surface area contributed by atoms with Crippen LogP contribution in [0.2, 0.25) is 5.15 Å². The number of anilines is 1. The third-order valence-electron chi connectivity index (χ3n) is 5.14. The number of aliphatic hydroxyl groups is 1. The van der Waals surface area contributed by atoms with Crippen molar-refractivity contribution in [3.05, 3.63) is 23.0 Å². The van der Waals surface area contributed by atoms with Gasteiger partial charge in [0.25, 0.3) is 0 Å². The lowest BCUT2D eigenvalue weighted by Crippen LogP contribution is -2.33. The highest BCUT2D eigenvalue weighted by Crippen LogP contribution is 2.34. The number of aliphatic hydroxyl groups excluding tert-OH is 1. The van der Waals surface area contributed by atoms with Crippen molar-refractivity contribution in [1.82, 2.24) is 4.98 Å². The van der Waals surface area contributed by atoms with Crippen molar-refractivity contribution in [1.29, 1.82) is 0 Å². The van der Waals surface area contributed by atoms with E-state index in [1.807, 2.05) is 0 Å². The predicted molar refractivity (Wildman–Crippen MR) is 96.5 cm³/mol. The van der Waals surface area contributed by atoms with Gasteiger partial charge in [-0.15, -0.1) is 0 Å². The fourth-order valence-electron chi connectivity index (χ4n) is 3.59. The first-order valence-electron chi connectivity index (χ1n) is 9.09. The van der Waals surface area contributed by atoms with Crippen LogP contribution in [0.25, 0.3) is 0 Å². The summed E-state index contributed by atoms with van der Waals surface area (Å²) in [6.07, 6.45) is -0.839. The molecule has 0 aromatic carbocycles. The minimum Gasteiger partial charge on any atom is -0.396 e. The number of nitrogens with one attached hydrogen (secondary N) is 1. The van der Waals surface area contributed by atoms with E-state index in [1.54, 1.807) is 6.07 Å². The van der Waals surface area contributed by atoms with Gasteiger partial charge in [0.05, 0.1) is 17.2 Å². The number of ether oxygens (including phenoxy) is 1. The molecule has 8 heteroatoms. The lowest BCUT2D eigenvalue weighted by Gasteiger charge is -2.29. The molecule has 1 saturated heterocycles. The maximum Gasteiger partial charge on any atom is 0.415 e. The minimum atomic E-state index is -4.42. The normalized spacial score (nSPS) is 28.5. The molecular formula is C19H22ClF3N2O2. The first-order valence-corrected chi connectivity index (χ1v) is 9.47. The van der Waals surface area contributed by atoms with E-state index < -0.39 is 18.2 Å². The Kier molecular flexibility index (Phi) is 6.51. The molecule has 2 atom stereocenters. The van der Waals surface area contributed by atoms with E-state index >= 15 is 0 Å². The van der Waals surface area contributed by atoms with Gasteiger partial charge in [-0.05, 0) is 44.1 Å². The van der Waals surface area contributed by atoms with Crippen molar-refractivity contribution in [2.45, 2.75) is 50.4 Å². The third-order valence-corrected chi connectivity index (χ3v) is 5.35. The molecule has 0 bridgehead atoms.